The molecule has 0 spiro atoms. The lowest BCUT2D eigenvalue weighted by Crippen LogP contribution is -2.41. The van der Waals surface area contributed by atoms with Gasteiger partial charge in [-0.3, -0.25) is 0 Å². The first-order valence-electron chi connectivity index (χ1n) is 5.12. The minimum Gasteiger partial charge on any atom is -0.319 e. The summed E-state index contributed by atoms with van der Waals surface area (Å²) in [4.78, 5) is 0. The summed E-state index contributed by atoms with van der Waals surface area (Å²) < 4.78 is 0.952. The van der Waals surface area contributed by atoms with E-state index in [0.717, 1.165) is 11.0 Å². The van der Waals surface area contributed by atoms with Crippen LogP contribution in [0.4, 0.5) is 0 Å². The molecule has 1 rings (SSSR count). The van der Waals surface area contributed by atoms with Gasteiger partial charge in [0.05, 0.1) is 20.6 Å². The van der Waals surface area contributed by atoms with Gasteiger partial charge in [-0.25, -0.2) is 0 Å². The lowest BCUT2D eigenvalue weighted by Gasteiger charge is -2.35. The zero-order chi connectivity index (χ0) is 10.6. The van der Waals surface area contributed by atoms with E-state index in [1.54, 1.807) is 0 Å². The largest absolute Gasteiger partial charge is 0.319 e. The summed E-state index contributed by atoms with van der Waals surface area (Å²) in [6.07, 6.45) is 2.04. The van der Waals surface area contributed by atoms with E-state index in [-0.39, 0.29) is 0 Å². The third kappa shape index (κ3) is 2.24. The molecule has 1 unspecified atom stereocenters. The van der Waals surface area contributed by atoms with Gasteiger partial charge in [-0.05, 0) is 13.0 Å². The smallest absolute Gasteiger partial charge is 0.133 e. The molecule has 0 bridgehead atoms. The maximum Gasteiger partial charge on any atom is 0.133 e. The van der Waals surface area contributed by atoms with Gasteiger partial charge in [0.15, 0.2) is 0 Å². The van der Waals surface area contributed by atoms with E-state index in [2.05, 4.69) is 57.9 Å². The number of nitrogens with zero attached hydrogens (tertiary/aromatic N) is 1. The number of hydrogen-bond acceptors (Lipinski definition) is 0. The van der Waals surface area contributed by atoms with Gasteiger partial charge < -0.3 is 4.48 Å². The van der Waals surface area contributed by atoms with Gasteiger partial charge >= 0.3 is 0 Å². The minimum atomic E-state index is 0.390. The lowest BCUT2D eigenvalue weighted by molar-refractivity contribution is -0.912. The van der Waals surface area contributed by atoms with E-state index in [9.17, 15) is 0 Å². The van der Waals surface area contributed by atoms with Crippen LogP contribution in [0.15, 0.2) is 43.0 Å². The van der Waals surface area contributed by atoms with Crippen LogP contribution in [-0.2, 0) is 0 Å². The highest BCUT2D eigenvalue weighted by Crippen LogP contribution is 2.25. The SMILES string of the molecule is C=CC(c1ccccc1)[N+](C)(C)CC. The van der Waals surface area contributed by atoms with E-state index in [0.29, 0.717) is 6.04 Å². The Morgan fingerprint density at radius 3 is 2.29 bits per heavy atom. The molecule has 0 aliphatic carbocycles. The van der Waals surface area contributed by atoms with Gasteiger partial charge in [0.2, 0.25) is 0 Å². The molecule has 0 radical (unpaired) electrons. The van der Waals surface area contributed by atoms with Crippen LogP contribution in [0.1, 0.15) is 18.5 Å². The van der Waals surface area contributed by atoms with Crippen molar-refractivity contribution >= 4 is 0 Å². The first-order chi connectivity index (χ1) is 6.61. The fraction of sp³-hybridized carbons (Fsp3) is 0.385. The summed E-state index contributed by atoms with van der Waals surface area (Å²) in [6, 6.07) is 10.9. The van der Waals surface area contributed by atoms with Crippen LogP contribution in [0.3, 0.4) is 0 Å². The zero-order valence-corrected chi connectivity index (χ0v) is 9.40. The number of benzene rings is 1. The Hall–Kier alpha value is -1.08. The summed E-state index contributed by atoms with van der Waals surface area (Å²) in [6.45, 7) is 7.25. The average Bonchev–Trinajstić information content (AvgIpc) is 2.20. The van der Waals surface area contributed by atoms with Crippen molar-refractivity contribution in [1.82, 2.24) is 0 Å². The molecule has 0 aliphatic rings. The Labute approximate surface area is 87.3 Å². The maximum absolute atomic E-state index is 3.94. The molecular formula is C13H20N+. The van der Waals surface area contributed by atoms with Crippen molar-refractivity contribution < 1.29 is 4.48 Å². The third-order valence-corrected chi connectivity index (χ3v) is 2.93. The Bertz CT molecular complexity index is 287. The van der Waals surface area contributed by atoms with Crippen LogP contribution in [0.2, 0.25) is 0 Å². The molecule has 14 heavy (non-hydrogen) atoms. The molecule has 0 aliphatic heterocycles. The highest BCUT2D eigenvalue weighted by Gasteiger charge is 2.24. The molecular weight excluding hydrogens is 170 g/mol. The standard InChI is InChI=1S/C13H20N/c1-5-13(14(3,4)6-2)12-10-8-7-9-11-12/h5,7-11,13H,1,6H2,2-4H3/q+1. The van der Waals surface area contributed by atoms with Gasteiger partial charge in [0.25, 0.3) is 0 Å². The molecule has 0 heterocycles. The summed E-state index contributed by atoms with van der Waals surface area (Å²) in [7, 11) is 4.47. The Morgan fingerprint density at radius 1 is 1.29 bits per heavy atom. The second kappa shape index (κ2) is 4.43. The van der Waals surface area contributed by atoms with E-state index in [1.807, 2.05) is 6.08 Å². The van der Waals surface area contributed by atoms with E-state index >= 15 is 0 Å². The molecule has 0 saturated carbocycles. The van der Waals surface area contributed by atoms with Crippen molar-refractivity contribution in [3.8, 4) is 0 Å². The van der Waals surface area contributed by atoms with Crippen molar-refractivity contribution in [1.29, 1.82) is 0 Å². The lowest BCUT2D eigenvalue weighted by atomic mass is 10.0. The summed E-state index contributed by atoms with van der Waals surface area (Å²) in [5, 5.41) is 0. The van der Waals surface area contributed by atoms with Crippen LogP contribution < -0.4 is 0 Å². The monoisotopic (exact) mass is 190 g/mol. The second-order valence-corrected chi connectivity index (χ2v) is 4.19. The number of rotatable bonds is 4. The van der Waals surface area contributed by atoms with Crippen molar-refractivity contribution in [3.63, 3.8) is 0 Å². The predicted molar refractivity (Wildman–Crippen MR) is 62.0 cm³/mol. The molecule has 1 aromatic carbocycles. The Morgan fingerprint density at radius 2 is 1.86 bits per heavy atom. The maximum atomic E-state index is 3.94. The van der Waals surface area contributed by atoms with Gasteiger partial charge in [-0.1, -0.05) is 36.9 Å². The van der Waals surface area contributed by atoms with Gasteiger partial charge in [0, 0.05) is 5.56 Å². The molecule has 0 fully saturated rings. The van der Waals surface area contributed by atoms with Crippen LogP contribution in [0.25, 0.3) is 0 Å². The molecule has 0 aromatic heterocycles. The highest BCUT2D eigenvalue weighted by molar-refractivity contribution is 5.20. The molecule has 1 heteroatoms. The van der Waals surface area contributed by atoms with Crippen LogP contribution >= 0.6 is 0 Å². The highest BCUT2D eigenvalue weighted by atomic mass is 15.3. The van der Waals surface area contributed by atoms with Gasteiger partial charge in [0.1, 0.15) is 6.04 Å². The van der Waals surface area contributed by atoms with E-state index < -0.39 is 0 Å². The summed E-state index contributed by atoms with van der Waals surface area (Å²) in [5.74, 6) is 0. The van der Waals surface area contributed by atoms with E-state index in [4.69, 9.17) is 0 Å². The fourth-order valence-corrected chi connectivity index (χ4v) is 1.67. The number of likely N-dealkylation sites (N-methyl/N-ethyl adjacent to an activating group) is 1. The second-order valence-electron chi connectivity index (χ2n) is 4.19. The van der Waals surface area contributed by atoms with Crippen molar-refractivity contribution in [2.75, 3.05) is 20.6 Å². The van der Waals surface area contributed by atoms with Crippen molar-refractivity contribution in [2.24, 2.45) is 0 Å². The molecule has 76 valence electrons. The minimum absolute atomic E-state index is 0.390. The molecule has 1 nitrogen and oxygen atoms in total. The Kier molecular flexibility index (Phi) is 3.48. The molecule has 0 amide bonds. The number of hydrogen-bond donors (Lipinski definition) is 0. The topological polar surface area (TPSA) is 0 Å². The summed E-state index contributed by atoms with van der Waals surface area (Å²) >= 11 is 0. The van der Waals surface area contributed by atoms with Crippen molar-refractivity contribution in [3.05, 3.63) is 48.6 Å². The fourth-order valence-electron chi connectivity index (χ4n) is 1.67. The van der Waals surface area contributed by atoms with Crippen LogP contribution in [-0.4, -0.2) is 25.1 Å². The average molecular weight is 190 g/mol. The molecule has 1 aromatic rings. The first kappa shape index (κ1) is 11.0. The first-order valence-corrected chi connectivity index (χ1v) is 5.12. The quantitative estimate of drug-likeness (QED) is 0.506. The van der Waals surface area contributed by atoms with E-state index in [1.165, 1.54) is 5.56 Å². The number of quaternary nitrogens is 1. The van der Waals surface area contributed by atoms with Gasteiger partial charge in [-0.15, -0.1) is 0 Å². The Balaban J connectivity index is 2.99. The molecule has 0 saturated heterocycles. The molecule has 0 N–H and O–H groups in total. The normalized spacial score (nSPS) is 13.6. The summed E-state index contributed by atoms with van der Waals surface area (Å²) in [5.41, 5.74) is 1.34. The van der Waals surface area contributed by atoms with Crippen LogP contribution in [0, 0.1) is 0 Å². The van der Waals surface area contributed by atoms with Crippen LogP contribution in [0.5, 0.6) is 0 Å². The van der Waals surface area contributed by atoms with Crippen molar-refractivity contribution in [2.45, 2.75) is 13.0 Å². The van der Waals surface area contributed by atoms with Gasteiger partial charge in [-0.2, -0.15) is 0 Å². The third-order valence-electron chi connectivity index (χ3n) is 2.93. The molecule has 1 atom stereocenters. The zero-order valence-electron chi connectivity index (χ0n) is 9.40. The predicted octanol–water partition coefficient (Wildman–Crippen LogP) is 3.01.